The average Bonchev–Trinajstić information content (AvgIpc) is 2.34. The molecule has 1 aromatic rings. The molecule has 21 heavy (non-hydrogen) atoms. The Balaban J connectivity index is 2.82. The number of rotatable bonds is 6. The number of hydrogen-bond acceptors (Lipinski definition) is 4. The highest BCUT2D eigenvalue weighted by atomic mass is 32.2. The van der Waals surface area contributed by atoms with Crippen molar-refractivity contribution in [1.29, 1.82) is 0 Å². The lowest BCUT2D eigenvalue weighted by Gasteiger charge is -2.11. The van der Waals surface area contributed by atoms with Gasteiger partial charge in [0.25, 0.3) is 5.91 Å². The molecule has 0 aliphatic carbocycles. The molecule has 0 radical (unpaired) electrons. The van der Waals surface area contributed by atoms with Crippen molar-refractivity contribution in [3.05, 3.63) is 29.3 Å². The molecule has 0 bridgehead atoms. The molecular weight excluding hydrogens is 294 g/mol. The molecule has 7 heteroatoms. The molecule has 0 aliphatic rings. The maximum absolute atomic E-state index is 12.0. The minimum absolute atomic E-state index is 0.0389. The topological polar surface area (TPSA) is 101 Å². The van der Waals surface area contributed by atoms with Crippen molar-refractivity contribution in [2.24, 2.45) is 5.92 Å². The molecule has 0 spiro atoms. The molecule has 0 heterocycles. The van der Waals surface area contributed by atoms with Crippen LogP contribution in [-0.4, -0.2) is 38.2 Å². The van der Waals surface area contributed by atoms with E-state index in [2.05, 4.69) is 5.32 Å². The second kappa shape index (κ2) is 6.71. The van der Waals surface area contributed by atoms with Gasteiger partial charge in [0.1, 0.15) is 0 Å². The smallest absolute Gasteiger partial charge is 0.303 e. The molecule has 2 N–H and O–H groups in total. The van der Waals surface area contributed by atoms with Crippen molar-refractivity contribution >= 4 is 21.7 Å². The van der Waals surface area contributed by atoms with Crippen LogP contribution in [0.25, 0.3) is 0 Å². The van der Waals surface area contributed by atoms with Crippen LogP contribution in [0.3, 0.4) is 0 Å². The zero-order valence-electron chi connectivity index (χ0n) is 12.2. The number of hydrogen-bond donors (Lipinski definition) is 2. The van der Waals surface area contributed by atoms with Crippen molar-refractivity contribution in [2.45, 2.75) is 25.2 Å². The third-order valence-electron chi connectivity index (χ3n) is 2.98. The number of benzene rings is 1. The number of carbonyl (C=O) groups is 2. The van der Waals surface area contributed by atoms with Gasteiger partial charge in [0, 0.05) is 24.8 Å². The lowest BCUT2D eigenvalue weighted by atomic mass is 10.1. The van der Waals surface area contributed by atoms with Crippen LogP contribution < -0.4 is 5.32 Å². The molecule has 0 saturated carbocycles. The number of aryl methyl sites for hydroxylation is 1. The molecular formula is C14H19NO5S. The zero-order chi connectivity index (χ0) is 16.2. The molecule has 0 saturated heterocycles. The number of aliphatic carboxylic acids is 1. The van der Waals surface area contributed by atoms with Gasteiger partial charge in [0.15, 0.2) is 9.84 Å². The summed E-state index contributed by atoms with van der Waals surface area (Å²) >= 11 is 0. The first-order chi connectivity index (χ1) is 9.61. The minimum Gasteiger partial charge on any atom is -0.481 e. The van der Waals surface area contributed by atoms with E-state index in [1.54, 1.807) is 26.0 Å². The molecule has 6 nitrogen and oxygen atoms in total. The van der Waals surface area contributed by atoms with E-state index in [0.717, 1.165) is 6.26 Å². The van der Waals surface area contributed by atoms with Gasteiger partial charge < -0.3 is 10.4 Å². The summed E-state index contributed by atoms with van der Waals surface area (Å²) in [5.74, 6) is -1.55. The van der Waals surface area contributed by atoms with Crippen LogP contribution in [0.15, 0.2) is 23.1 Å². The predicted molar refractivity (Wildman–Crippen MR) is 78.0 cm³/mol. The number of carbonyl (C=O) groups excluding carboxylic acids is 1. The summed E-state index contributed by atoms with van der Waals surface area (Å²) in [6, 6.07) is 4.45. The SMILES string of the molecule is Cc1ccc(C(=O)NCC(C)CC(=O)O)cc1S(C)(=O)=O. The Labute approximate surface area is 124 Å². The van der Waals surface area contributed by atoms with Crippen LogP contribution in [0.4, 0.5) is 0 Å². The maximum Gasteiger partial charge on any atom is 0.303 e. The van der Waals surface area contributed by atoms with Crippen LogP contribution in [0.5, 0.6) is 0 Å². The molecule has 1 amide bonds. The molecule has 1 aromatic carbocycles. The fourth-order valence-corrected chi connectivity index (χ4v) is 2.87. The van der Waals surface area contributed by atoms with Crippen molar-refractivity contribution in [2.75, 3.05) is 12.8 Å². The molecule has 0 aromatic heterocycles. The highest BCUT2D eigenvalue weighted by molar-refractivity contribution is 7.90. The Morgan fingerprint density at radius 3 is 2.48 bits per heavy atom. The van der Waals surface area contributed by atoms with E-state index in [1.165, 1.54) is 6.07 Å². The van der Waals surface area contributed by atoms with E-state index in [1.807, 2.05) is 0 Å². The highest BCUT2D eigenvalue weighted by Gasteiger charge is 2.15. The Morgan fingerprint density at radius 1 is 1.33 bits per heavy atom. The summed E-state index contributed by atoms with van der Waals surface area (Å²) < 4.78 is 23.2. The van der Waals surface area contributed by atoms with Crippen molar-refractivity contribution in [1.82, 2.24) is 5.32 Å². The quantitative estimate of drug-likeness (QED) is 0.823. The number of carboxylic acid groups (broad SMARTS) is 1. The fraction of sp³-hybridized carbons (Fsp3) is 0.429. The van der Waals surface area contributed by atoms with Gasteiger partial charge >= 0.3 is 5.97 Å². The van der Waals surface area contributed by atoms with Crippen molar-refractivity contribution in [3.8, 4) is 0 Å². The third kappa shape index (κ3) is 5.18. The molecule has 1 rings (SSSR count). The third-order valence-corrected chi connectivity index (χ3v) is 4.22. The zero-order valence-corrected chi connectivity index (χ0v) is 13.0. The minimum atomic E-state index is -3.39. The van der Waals surface area contributed by atoms with E-state index < -0.39 is 21.7 Å². The van der Waals surface area contributed by atoms with Crippen LogP contribution in [0.1, 0.15) is 29.3 Å². The second-order valence-electron chi connectivity index (χ2n) is 5.17. The first-order valence-electron chi connectivity index (χ1n) is 6.42. The van der Waals surface area contributed by atoms with E-state index in [-0.39, 0.29) is 29.3 Å². The van der Waals surface area contributed by atoms with E-state index in [9.17, 15) is 18.0 Å². The monoisotopic (exact) mass is 313 g/mol. The standard InChI is InChI=1S/C14H19NO5S/c1-9(6-13(16)17)8-15-14(18)11-5-4-10(2)12(7-11)21(3,19)20/h4-5,7,9H,6,8H2,1-3H3,(H,15,18)(H,16,17). The van der Waals surface area contributed by atoms with E-state index >= 15 is 0 Å². The summed E-state index contributed by atoms with van der Waals surface area (Å²) in [4.78, 5) is 22.6. The van der Waals surface area contributed by atoms with Gasteiger partial charge in [-0.15, -0.1) is 0 Å². The number of carboxylic acids is 1. The Kier molecular flexibility index (Phi) is 5.48. The van der Waals surface area contributed by atoms with E-state index in [4.69, 9.17) is 5.11 Å². The predicted octanol–water partition coefficient (Wildman–Crippen LogP) is 1.24. The number of sulfone groups is 1. The van der Waals surface area contributed by atoms with Gasteiger partial charge in [0.05, 0.1) is 4.90 Å². The summed E-state index contributed by atoms with van der Waals surface area (Å²) in [6.07, 6.45) is 1.05. The average molecular weight is 313 g/mol. The van der Waals surface area contributed by atoms with Crippen LogP contribution in [0.2, 0.25) is 0 Å². The lowest BCUT2D eigenvalue weighted by Crippen LogP contribution is -2.29. The van der Waals surface area contributed by atoms with Gasteiger partial charge in [-0.05, 0) is 30.5 Å². The van der Waals surface area contributed by atoms with Gasteiger partial charge in [0.2, 0.25) is 0 Å². The Morgan fingerprint density at radius 2 is 1.95 bits per heavy atom. The van der Waals surface area contributed by atoms with E-state index in [0.29, 0.717) is 5.56 Å². The Bertz CT molecular complexity index is 651. The maximum atomic E-state index is 12.0. The molecule has 0 aliphatic heterocycles. The normalized spacial score (nSPS) is 12.7. The largest absolute Gasteiger partial charge is 0.481 e. The Hall–Kier alpha value is -1.89. The first-order valence-corrected chi connectivity index (χ1v) is 8.31. The molecule has 1 atom stereocenters. The highest BCUT2D eigenvalue weighted by Crippen LogP contribution is 2.17. The summed E-state index contributed by atoms with van der Waals surface area (Å²) in [5, 5.41) is 11.2. The lowest BCUT2D eigenvalue weighted by molar-refractivity contribution is -0.137. The first kappa shape index (κ1) is 17.2. The summed E-state index contributed by atoms with van der Waals surface area (Å²) in [6.45, 7) is 3.59. The second-order valence-corrected chi connectivity index (χ2v) is 7.15. The summed E-state index contributed by atoms with van der Waals surface area (Å²) in [7, 11) is -3.39. The molecule has 0 fully saturated rings. The van der Waals surface area contributed by atoms with Crippen LogP contribution >= 0.6 is 0 Å². The van der Waals surface area contributed by atoms with Crippen LogP contribution in [-0.2, 0) is 14.6 Å². The van der Waals surface area contributed by atoms with Gasteiger partial charge in [-0.25, -0.2) is 8.42 Å². The fourth-order valence-electron chi connectivity index (χ4n) is 1.88. The van der Waals surface area contributed by atoms with Crippen LogP contribution in [0, 0.1) is 12.8 Å². The van der Waals surface area contributed by atoms with Gasteiger partial charge in [-0.3, -0.25) is 9.59 Å². The molecule has 1 unspecified atom stereocenters. The number of nitrogens with one attached hydrogen (secondary N) is 1. The number of amides is 1. The van der Waals surface area contributed by atoms with Crippen molar-refractivity contribution < 1.29 is 23.1 Å². The van der Waals surface area contributed by atoms with Crippen molar-refractivity contribution in [3.63, 3.8) is 0 Å². The summed E-state index contributed by atoms with van der Waals surface area (Å²) in [5.41, 5.74) is 0.817. The molecule has 116 valence electrons. The van der Waals surface area contributed by atoms with Gasteiger partial charge in [-0.1, -0.05) is 13.0 Å². The van der Waals surface area contributed by atoms with Gasteiger partial charge in [-0.2, -0.15) is 0 Å².